The fourth-order valence-corrected chi connectivity index (χ4v) is 4.99. The Morgan fingerprint density at radius 2 is 1.90 bits per heavy atom. The van der Waals surface area contributed by atoms with E-state index in [2.05, 4.69) is 6.07 Å². The lowest BCUT2D eigenvalue weighted by atomic mass is 9.81. The van der Waals surface area contributed by atoms with Crippen molar-refractivity contribution in [3.05, 3.63) is 33.8 Å². The van der Waals surface area contributed by atoms with Crippen LogP contribution in [-0.2, 0) is 6.54 Å². The van der Waals surface area contributed by atoms with Crippen LogP contribution in [0.5, 0.6) is 0 Å². The second kappa shape index (κ2) is 6.45. The Morgan fingerprint density at radius 3 is 2.67 bits per heavy atom. The minimum absolute atomic E-state index is 0.332. The van der Waals surface area contributed by atoms with Crippen LogP contribution in [0.25, 0.3) is 0 Å². The molecule has 0 saturated carbocycles. The average Bonchev–Trinajstić information content (AvgIpc) is 2.49. The van der Waals surface area contributed by atoms with Crippen LogP contribution in [0.4, 0.5) is 0 Å². The number of aliphatic hydroxyl groups excluding tert-OH is 1. The van der Waals surface area contributed by atoms with Crippen molar-refractivity contribution in [1.82, 2.24) is 0 Å². The summed E-state index contributed by atoms with van der Waals surface area (Å²) < 4.78 is 1.12. The molecule has 1 N–H and O–H groups in total. The maximum Gasteiger partial charge on any atom is 0.106 e. The number of hydrogen-bond acceptors (Lipinski definition) is 1. The molecule has 0 bridgehead atoms. The van der Waals surface area contributed by atoms with Gasteiger partial charge in [0.05, 0.1) is 30.8 Å². The molecule has 4 heteroatoms. The molecule has 3 atom stereocenters. The highest BCUT2D eigenvalue weighted by Gasteiger charge is 2.46. The lowest BCUT2D eigenvalue weighted by molar-refractivity contribution is -0.976. The van der Waals surface area contributed by atoms with Gasteiger partial charge in [-0.2, -0.15) is 0 Å². The Balaban J connectivity index is 1.88. The Morgan fingerprint density at radius 1 is 1.10 bits per heavy atom. The van der Waals surface area contributed by atoms with Crippen LogP contribution >= 0.6 is 23.2 Å². The summed E-state index contributed by atoms with van der Waals surface area (Å²) in [6, 6.07) is 6.46. The van der Waals surface area contributed by atoms with Crippen molar-refractivity contribution in [3.8, 4) is 0 Å². The Labute approximate surface area is 137 Å². The molecule has 0 aliphatic carbocycles. The fourth-order valence-electron chi connectivity index (χ4n) is 4.52. The standard InChI is InChI=1S/C17H24Cl2NO/c18-15-7-6-13(16(19)10-15)11-20-8-2-1-5-17(20)14(12-21)4-3-9-20/h6-7,10,14,17,21H,1-5,8-9,11-12H2/q+1. The minimum Gasteiger partial charge on any atom is -0.396 e. The lowest BCUT2D eigenvalue weighted by Gasteiger charge is -2.53. The first-order chi connectivity index (χ1) is 10.1. The molecule has 0 amide bonds. The smallest absolute Gasteiger partial charge is 0.106 e. The van der Waals surface area contributed by atoms with Gasteiger partial charge in [0.1, 0.15) is 6.54 Å². The number of hydrogen-bond donors (Lipinski definition) is 1. The quantitative estimate of drug-likeness (QED) is 0.822. The van der Waals surface area contributed by atoms with Crippen molar-refractivity contribution < 1.29 is 9.59 Å². The summed E-state index contributed by atoms with van der Waals surface area (Å²) in [4.78, 5) is 0. The largest absolute Gasteiger partial charge is 0.396 e. The van der Waals surface area contributed by atoms with E-state index >= 15 is 0 Å². The van der Waals surface area contributed by atoms with E-state index in [0.29, 0.717) is 23.6 Å². The van der Waals surface area contributed by atoms with Crippen LogP contribution < -0.4 is 0 Å². The van der Waals surface area contributed by atoms with Crippen molar-refractivity contribution >= 4 is 23.2 Å². The maximum atomic E-state index is 9.75. The highest BCUT2D eigenvalue weighted by atomic mass is 35.5. The molecule has 0 spiro atoms. The van der Waals surface area contributed by atoms with Crippen molar-refractivity contribution in [1.29, 1.82) is 0 Å². The van der Waals surface area contributed by atoms with E-state index in [1.54, 1.807) is 0 Å². The highest BCUT2D eigenvalue weighted by Crippen LogP contribution is 2.40. The third-order valence-corrected chi connectivity index (χ3v) is 6.10. The van der Waals surface area contributed by atoms with Gasteiger partial charge in [0.2, 0.25) is 0 Å². The summed E-state index contributed by atoms with van der Waals surface area (Å²) in [6.45, 7) is 3.76. The van der Waals surface area contributed by atoms with E-state index in [0.717, 1.165) is 16.1 Å². The van der Waals surface area contributed by atoms with Crippen LogP contribution in [-0.4, -0.2) is 35.3 Å². The van der Waals surface area contributed by atoms with Crippen molar-refractivity contribution in [2.24, 2.45) is 5.92 Å². The van der Waals surface area contributed by atoms with Gasteiger partial charge in [0, 0.05) is 22.9 Å². The van der Waals surface area contributed by atoms with Gasteiger partial charge >= 0.3 is 0 Å². The SMILES string of the molecule is OCC1CCC[N+]2(Cc3ccc(Cl)cc3Cl)CCCCC12. The number of benzene rings is 1. The highest BCUT2D eigenvalue weighted by molar-refractivity contribution is 6.35. The van der Waals surface area contributed by atoms with E-state index in [1.165, 1.54) is 50.8 Å². The van der Waals surface area contributed by atoms with Gasteiger partial charge < -0.3 is 9.59 Å². The van der Waals surface area contributed by atoms with E-state index in [-0.39, 0.29) is 0 Å². The summed E-state index contributed by atoms with van der Waals surface area (Å²) in [6.07, 6.45) is 6.23. The maximum absolute atomic E-state index is 9.75. The summed E-state index contributed by atoms with van der Waals surface area (Å²) in [5, 5.41) is 11.2. The van der Waals surface area contributed by atoms with Gasteiger partial charge in [-0.25, -0.2) is 0 Å². The van der Waals surface area contributed by atoms with E-state index in [1.807, 2.05) is 12.1 Å². The summed E-state index contributed by atoms with van der Waals surface area (Å²) in [7, 11) is 0. The van der Waals surface area contributed by atoms with Gasteiger partial charge in [-0.3, -0.25) is 0 Å². The minimum atomic E-state index is 0.332. The lowest BCUT2D eigenvalue weighted by Crippen LogP contribution is -2.63. The molecule has 2 nitrogen and oxygen atoms in total. The predicted molar refractivity (Wildman–Crippen MR) is 87.6 cm³/mol. The van der Waals surface area contributed by atoms with Gasteiger partial charge in [-0.1, -0.05) is 29.3 Å². The molecule has 0 radical (unpaired) electrons. The third kappa shape index (κ3) is 3.10. The first-order valence-corrected chi connectivity index (χ1v) is 8.81. The molecule has 2 aliphatic heterocycles. The van der Waals surface area contributed by atoms with Crippen LogP contribution in [0.1, 0.15) is 37.7 Å². The number of fused-ring (bicyclic) bond motifs is 1. The predicted octanol–water partition coefficient (Wildman–Crippen LogP) is 4.27. The van der Waals surface area contributed by atoms with Crippen molar-refractivity contribution in [3.63, 3.8) is 0 Å². The Hall–Kier alpha value is -0.280. The number of nitrogens with zero attached hydrogens (tertiary/aromatic N) is 1. The van der Waals surface area contributed by atoms with E-state index in [4.69, 9.17) is 23.2 Å². The molecule has 3 rings (SSSR count). The van der Waals surface area contributed by atoms with Crippen molar-refractivity contribution in [2.75, 3.05) is 19.7 Å². The molecule has 3 unspecified atom stereocenters. The van der Waals surface area contributed by atoms with Crippen LogP contribution in [0.2, 0.25) is 10.0 Å². The van der Waals surface area contributed by atoms with Crippen LogP contribution in [0.3, 0.4) is 0 Å². The first kappa shape index (κ1) is 15.6. The molecule has 0 aromatic heterocycles. The zero-order valence-electron chi connectivity index (χ0n) is 12.4. The molecule has 2 fully saturated rings. The molecule has 2 heterocycles. The van der Waals surface area contributed by atoms with Gasteiger partial charge in [0.25, 0.3) is 0 Å². The van der Waals surface area contributed by atoms with Crippen LogP contribution in [0, 0.1) is 5.92 Å². The summed E-state index contributed by atoms with van der Waals surface area (Å²) in [5.41, 5.74) is 1.20. The number of halogens is 2. The van der Waals surface area contributed by atoms with Crippen LogP contribution in [0.15, 0.2) is 18.2 Å². The fraction of sp³-hybridized carbons (Fsp3) is 0.647. The summed E-state index contributed by atoms with van der Waals surface area (Å²) >= 11 is 12.4. The Bertz CT molecular complexity index is 504. The second-order valence-corrected chi connectivity index (χ2v) is 7.55. The summed E-state index contributed by atoms with van der Waals surface area (Å²) in [5.74, 6) is 0.463. The second-order valence-electron chi connectivity index (χ2n) is 6.71. The van der Waals surface area contributed by atoms with E-state index < -0.39 is 0 Å². The molecule has 2 saturated heterocycles. The molecular weight excluding hydrogens is 305 g/mol. The first-order valence-electron chi connectivity index (χ1n) is 8.05. The average molecular weight is 329 g/mol. The number of aliphatic hydroxyl groups is 1. The normalized spacial score (nSPS) is 32.7. The molecule has 1 aromatic rings. The number of quaternary nitrogens is 1. The third-order valence-electron chi connectivity index (χ3n) is 5.51. The molecule has 116 valence electrons. The van der Waals surface area contributed by atoms with Crippen molar-refractivity contribution in [2.45, 2.75) is 44.7 Å². The van der Waals surface area contributed by atoms with Gasteiger partial charge in [-0.15, -0.1) is 0 Å². The number of piperidine rings is 2. The molecule has 1 aromatic carbocycles. The number of rotatable bonds is 3. The molecular formula is C17H24Cl2NO+. The van der Waals surface area contributed by atoms with Gasteiger partial charge in [0.15, 0.2) is 0 Å². The molecule has 21 heavy (non-hydrogen) atoms. The van der Waals surface area contributed by atoms with E-state index in [9.17, 15) is 5.11 Å². The monoisotopic (exact) mass is 328 g/mol. The zero-order valence-corrected chi connectivity index (χ0v) is 13.9. The molecule has 2 aliphatic rings. The zero-order chi connectivity index (χ0) is 14.9. The Kier molecular flexibility index (Phi) is 4.80. The van der Waals surface area contributed by atoms with Gasteiger partial charge in [-0.05, 0) is 37.8 Å². The topological polar surface area (TPSA) is 20.2 Å².